The molecule has 1 unspecified atom stereocenters. The second kappa shape index (κ2) is 6.39. The first-order valence-electron chi connectivity index (χ1n) is 6.94. The van der Waals surface area contributed by atoms with E-state index in [9.17, 15) is 14.1 Å². The molecule has 2 rings (SSSR count). The van der Waals surface area contributed by atoms with Crippen LogP contribution in [0.4, 0.5) is 0 Å². The molecule has 2 aromatic rings. The fraction of sp³-hybridized carbons (Fsp3) is 0.467. The highest BCUT2D eigenvalue weighted by molar-refractivity contribution is 7.84. The summed E-state index contributed by atoms with van der Waals surface area (Å²) in [6.07, 6.45) is 2.48. The molecule has 5 nitrogen and oxygen atoms in total. The topological polar surface area (TPSA) is 72.2 Å². The minimum absolute atomic E-state index is 0.200. The van der Waals surface area contributed by atoms with Gasteiger partial charge in [-0.15, -0.1) is 0 Å². The van der Waals surface area contributed by atoms with Gasteiger partial charge in [0.2, 0.25) is 0 Å². The summed E-state index contributed by atoms with van der Waals surface area (Å²) in [4.78, 5) is 15.9. The lowest BCUT2D eigenvalue weighted by atomic mass is 10.2. The SMILES string of the molecule is CC(C)c1nc2c(C(=O)O)cccc2n1CCCS(C)=O. The van der Waals surface area contributed by atoms with Crippen LogP contribution in [-0.4, -0.2) is 36.8 Å². The molecule has 0 saturated carbocycles. The molecule has 1 heterocycles. The predicted molar refractivity (Wildman–Crippen MR) is 84.3 cm³/mol. The van der Waals surface area contributed by atoms with Gasteiger partial charge in [-0.3, -0.25) is 4.21 Å². The summed E-state index contributed by atoms with van der Waals surface area (Å²) in [6.45, 7) is 4.78. The van der Waals surface area contributed by atoms with Crippen LogP contribution in [0, 0.1) is 0 Å². The van der Waals surface area contributed by atoms with Gasteiger partial charge in [0, 0.05) is 35.3 Å². The lowest BCUT2D eigenvalue weighted by Gasteiger charge is -2.11. The van der Waals surface area contributed by atoms with E-state index in [1.165, 1.54) is 0 Å². The molecule has 1 aromatic carbocycles. The minimum atomic E-state index is -0.963. The largest absolute Gasteiger partial charge is 0.478 e. The molecule has 1 aromatic heterocycles. The van der Waals surface area contributed by atoms with Crippen LogP contribution in [0.1, 0.15) is 42.4 Å². The van der Waals surface area contributed by atoms with E-state index in [1.807, 2.05) is 19.9 Å². The number of aromatic nitrogens is 2. The first-order chi connectivity index (χ1) is 9.91. The Hall–Kier alpha value is -1.69. The van der Waals surface area contributed by atoms with Crippen LogP contribution in [0.15, 0.2) is 18.2 Å². The monoisotopic (exact) mass is 308 g/mol. The average Bonchev–Trinajstić information content (AvgIpc) is 2.77. The van der Waals surface area contributed by atoms with Crippen molar-refractivity contribution in [1.29, 1.82) is 0 Å². The fourth-order valence-corrected chi connectivity index (χ4v) is 2.97. The Labute approximate surface area is 126 Å². The number of carboxylic acids is 1. The maximum absolute atomic E-state index is 11.3. The fourth-order valence-electron chi connectivity index (χ4n) is 2.44. The van der Waals surface area contributed by atoms with Crippen molar-refractivity contribution in [2.75, 3.05) is 12.0 Å². The highest BCUT2D eigenvalue weighted by atomic mass is 32.2. The van der Waals surface area contributed by atoms with Gasteiger partial charge in [-0.05, 0) is 18.6 Å². The van der Waals surface area contributed by atoms with Crippen LogP contribution < -0.4 is 0 Å². The summed E-state index contributed by atoms with van der Waals surface area (Å²) < 4.78 is 13.3. The Morgan fingerprint density at radius 3 is 2.71 bits per heavy atom. The van der Waals surface area contributed by atoms with Crippen molar-refractivity contribution in [2.45, 2.75) is 32.7 Å². The number of hydrogen-bond donors (Lipinski definition) is 1. The third-order valence-corrected chi connectivity index (χ3v) is 4.23. The van der Waals surface area contributed by atoms with E-state index in [1.54, 1.807) is 18.4 Å². The standard InChI is InChI=1S/C15H20N2O3S/c1-10(2)14-16-13-11(15(18)19)6-4-7-12(13)17(14)8-5-9-21(3)20/h4,6-7,10H,5,8-9H2,1-3H3,(H,18,19). The first kappa shape index (κ1) is 15.7. The van der Waals surface area contributed by atoms with Gasteiger partial charge < -0.3 is 9.67 Å². The predicted octanol–water partition coefficient (Wildman–Crippen LogP) is 2.63. The van der Waals surface area contributed by atoms with Crippen LogP contribution >= 0.6 is 0 Å². The van der Waals surface area contributed by atoms with E-state index in [4.69, 9.17) is 0 Å². The highest BCUT2D eigenvalue weighted by Crippen LogP contribution is 2.25. The summed E-state index contributed by atoms with van der Waals surface area (Å²) in [5, 5.41) is 9.28. The Morgan fingerprint density at radius 2 is 2.14 bits per heavy atom. The normalized spacial score (nSPS) is 13.0. The van der Waals surface area contributed by atoms with Gasteiger partial charge >= 0.3 is 5.97 Å². The number of aryl methyl sites for hydroxylation is 1. The molecular formula is C15H20N2O3S. The van der Waals surface area contributed by atoms with Crippen LogP contribution in [0.2, 0.25) is 0 Å². The van der Waals surface area contributed by atoms with Gasteiger partial charge in [0.05, 0.1) is 11.1 Å². The molecule has 0 aliphatic heterocycles. The van der Waals surface area contributed by atoms with E-state index in [2.05, 4.69) is 9.55 Å². The smallest absolute Gasteiger partial charge is 0.337 e. The molecular weight excluding hydrogens is 288 g/mol. The van der Waals surface area contributed by atoms with Gasteiger partial charge in [0.1, 0.15) is 11.3 Å². The number of para-hydroxylation sites is 1. The third kappa shape index (κ3) is 3.32. The molecule has 1 N–H and O–H groups in total. The van der Waals surface area contributed by atoms with Crippen LogP contribution in [-0.2, 0) is 17.3 Å². The molecule has 0 amide bonds. The van der Waals surface area contributed by atoms with Crippen molar-refractivity contribution in [1.82, 2.24) is 9.55 Å². The summed E-state index contributed by atoms with van der Waals surface area (Å²) in [5.74, 6) is 0.748. The van der Waals surface area contributed by atoms with Crippen molar-refractivity contribution in [3.63, 3.8) is 0 Å². The van der Waals surface area contributed by atoms with Crippen molar-refractivity contribution >= 4 is 27.8 Å². The molecule has 0 aliphatic carbocycles. The maximum Gasteiger partial charge on any atom is 0.337 e. The van der Waals surface area contributed by atoms with Crippen LogP contribution in [0.5, 0.6) is 0 Å². The Bertz CT molecular complexity index is 692. The molecule has 0 radical (unpaired) electrons. The molecule has 0 saturated heterocycles. The number of rotatable bonds is 6. The zero-order valence-corrected chi connectivity index (χ0v) is 13.3. The second-order valence-electron chi connectivity index (χ2n) is 5.39. The van der Waals surface area contributed by atoms with E-state index in [-0.39, 0.29) is 11.5 Å². The lowest BCUT2D eigenvalue weighted by molar-refractivity contribution is 0.0699. The van der Waals surface area contributed by atoms with E-state index < -0.39 is 16.8 Å². The van der Waals surface area contributed by atoms with Crippen molar-refractivity contribution < 1.29 is 14.1 Å². The van der Waals surface area contributed by atoms with Gasteiger partial charge in [-0.2, -0.15) is 0 Å². The number of benzene rings is 1. The van der Waals surface area contributed by atoms with E-state index >= 15 is 0 Å². The lowest BCUT2D eigenvalue weighted by Crippen LogP contribution is -2.08. The zero-order valence-electron chi connectivity index (χ0n) is 12.5. The Morgan fingerprint density at radius 1 is 1.43 bits per heavy atom. The zero-order chi connectivity index (χ0) is 15.6. The average molecular weight is 308 g/mol. The molecule has 0 spiro atoms. The van der Waals surface area contributed by atoms with Crippen molar-refractivity contribution in [3.05, 3.63) is 29.6 Å². The van der Waals surface area contributed by atoms with Gasteiger partial charge in [0.25, 0.3) is 0 Å². The summed E-state index contributed by atoms with van der Waals surface area (Å²) in [7, 11) is -0.818. The highest BCUT2D eigenvalue weighted by Gasteiger charge is 2.18. The van der Waals surface area contributed by atoms with Crippen molar-refractivity contribution in [2.24, 2.45) is 0 Å². The number of aromatic carboxylic acids is 1. The number of imidazole rings is 1. The molecule has 21 heavy (non-hydrogen) atoms. The quantitative estimate of drug-likeness (QED) is 0.890. The van der Waals surface area contributed by atoms with Crippen LogP contribution in [0.3, 0.4) is 0 Å². The second-order valence-corrected chi connectivity index (χ2v) is 6.94. The number of hydrogen-bond acceptors (Lipinski definition) is 3. The van der Waals surface area contributed by atoms with Crippen molar-refractivity contribution in [3.8, 4) is 0 Å². The molecule has 1 atom stereocenters. The van der Waals surface area contributed by atoms with Gasteiger partial charge in [-0.1, -0.05) is 19.9 Å². The summed E-state index contributed by atoms with van der Waals surface area (Å²) in [6, 6.07) is 5.21. The van der Waals surface area contributed by atoms with Gasteiger partial charge in [0.15, 0.2) is 0 Å². The number of carbonyl (C=O) groups is 1. The Kier molecular flexibility index (Phi) is 4.77. The van der Waals surface area contributed by atoms with E-state index in [0.717, 1.165) is 17.8 Å². The van der Waals surface area contributed by atoms with Gasteiger partial charge in [-0.25, -0.2) is 9.78 Å². The number of fused-ring (bicyclic) bond motifs is 1. The molecule has 6 heteroatoms. The molecule has 0 fully saturated rings. The maximum atomic E-state index is 11.3. The third-order valence-electron chi connectivity index (χ3n) is 3.37. The summed E-state index contributed by atoms with van der Waals surface area (Å²) >= 11 is 0. The first-order valence-corrected chi connectivity index (χ1v) is 8.67. The summed E-state index contributed by atoms with van der Waals surface area (Å²) in [5.41, 5.74) is 1.60. The van der Waals surface area contributed by atoms with Crippen LogP contribution in [0.25, 0.3) is 11.0 Å². The minimum Gasteiger partial charge on any atom is -0.478 e. The molecule has 0 bridgehead atoms. The van der Waals surface area contributed by atoms with E-state index in [0.29, 0.717) is 17.8 Å². The number of carboxylic acid groups (broad SMARTS) is 1. The number of nitrogens with zero attached hydrogens (tertiary/aromatic N) is 2. The molecule has 0 aliphatic rings. The Balaban J connectivity index is 2.50. The molecule has 114 valence electrons.